The first-order valence-electron chi connectivity index (χ1n) is 11.7. The minimum Gasteiger partial charge on any atom is -0.497 e. The number of halogens is 1. The van der Waals surface area contributed by atoms with Crippen molar-refractivity contribution in [1.29, 1.82) is 0 Å². The predicted octanol–water partition coefficient (Wildman–Crippen LogP) is 4.95. The molecule has 3 rings (SSSR count). The van der Waals surface area contributed by atoms with Gasteiger partial charge in [-0.15, -0.1) is 0 Å². The molecule has 192 valence electrons. The highest BCUT2D eigenvalue weighted by Gasteiger charge is 2.24. The fourth-order valence-electron chi connectivity index (χ4n) is 3.59. The van der Waals surface area contributed by atoms with E-state index in [4.69, 9.17) is 26.2 Å². The molecule has 0 atom stereocenters. The lowest BCUT2D eigenvalue weighted by Crippen LogP contribution is -2.39. The van der Waals surface area contributed by atoms with Gasteiger partial charge in [-0.05, 0) is 36.8 Å². The Morgan fingerprint density at radius 1 is 1.08 bits per heavy atom. The van der Waals surface area contributed by atoms with Gasteiger partial charge in [-0.2, -0.15) is 5.10 Å². The Bertz CT molecular complexity index is 1200. The zero-order valence-electron chi connectivity index (χ0n) is 21.4. The molecule has 0 saturated carbocycles. The van der Waals surface area contributed by atoms with Crippen molar-refractivity contribution < 1.29 is 19.1 Å². The predicted molar refractivity (Wildman–Crippen MR) is 141 cm³/mol. The number of rotatable bonds is 10. The normalized spacial score (nSPS) is 11.3. The summed E-state index contributed by atoms with van der Waals surface area (Å²) in [6, 6.07) is 16.0. The van der Waals surface area contributed by atoms with Crippen LogP contribution < -0.4 is 10.1 Å². The van der Waals surface area contributed by atoms with Crippen LogP contribution in [0.15, 0.2) is 54.6 Å². The molecule has 36 heavy (non-hydrogen) atoms. The van der Waals surface area contributed by atoms with E-state index in [0.717, 1.165) is 5.69 Å². The molecule has 0 aliphatic rings. The number of aromatic nitrogens is 2. The van der Waals surface area contributed by atoms with Crippen LogP contribution in [-0.4, -0.2) is 60.4 Å². The molecule has 8 nitrogen and oxygen atoms in total. The number of hydrogen-bond donors (Lipinski definition) is 1. The fourth-order valence-corrected chi connectivity index (χ4v) is 3.81. The molecule has 1 N–H and O–H groups in total. The molecule has 2 amide bonds. The summed E-state index contributed by atoms with van der Waals surface area (Å²) in [6.45, 7) is 6.82. The van der Waals surface area contributed by atoms with Gasteiger partial charge in [0.1, 0.15) is 18.1 Å². The maximum atomic E-state index is 13.3. The van der Waals surface area contributed by atoms with Gasteiger partial charge in [0.25, 0.3) is 5.91 Å². The Hall–Kier alpha value is -3.36. The number of amides is 2. The van der Waals surface area contributed by atoms with Crippen molar-refractivity contribution in [3.8, 4) is 11.4 Å². The molecule has 0 fully saturated rings. The average Bonchev–Trinajstić information content (AvgIpc) is 3.27. The van der Waals surface area contributed by atoms with Crippen molar-refractivity contribution >= 4 is 29.2 Å². The van der Waals surface area contributed by atoms with Crippen molar-refractivity contribution in [3.05, 3.63) is 70.9 Å². The van der Waals surface area contributed by atoms with Gasteiger partial charge in [0.2, 0.25) is 5.91 Å². The number of anilines is 1. The minimum absolute atomic E-state index is 0.141. The lowest BCUT2D eigenvalue weighted by molar-refractivity contribution is -0.117. The standard InChI is InChI=1S/C27H33ClN4O4/c1-27(2,3)23-17-24(32(30-23)22-13-7-6-12-21(22)28)29-25(33)18-31(14-9-15-35-4)26(34)19-10-8-11-20(16-19)36-5/h6-8,10-13,16-17H,9,14-15,18H2,1-5H3,(H,29,33). The molecule has 2 aromatic carbocycles. The molecular formula is C27H33ClN4O4. The third-order valence-electron chi connectivity index (χ3n) is 5.54. The number of carbonyl (C=O) groups is 2. The van der Waals surface area contributed by atoms with Crippen molar-refractivity contribution in [2.24, 2.45) is 0 Å². The number of benzene rings is 2. The lowest BCUT2D eigenvalue weighted by Gasteiger charge is -2.22. The van der Waals surface area contributed by atoms with E-state index in [-0.39, 0.29) is 23.8 Å². The van der Waals surface area contributed by atoms with Gasteiger partial charge in [-0.25, -0.2) is 4.68 Å². The number of hydrogen-bond acceptors (Lipinski definition) is 5. The van der Waals surface area contributed by atoms with E-state index >= 15 is 0 Å². The topological polar surface area (TPSA) is 85.7 Å². The molecule has 0 bridgehead atoms. The summed E-state index contributed by atoms with van der Waals surface area (Å²) in [4.78, 5) is 28.0. The zero-order chi connectivity index (χ0) is 26.3. The first kappa shape index (κ1) is 27.2. The van der Waals surface area contributed by atoms with Crippen LogP contribution in [-0.2, 0) is 14.9 Å². The van der Waals surface area contributed by atoms with Gasteiger partial charge >= 0.3 is 0 Å². The number of nitrogens with zero attached hydrogens (tertiary/aromatic N) is 3. The van der Waals surface area contributed by atoms with Gasteiger partial charge in [-0.1, -0.05) is 50.6 Å². The second-order valence-corrected chi connectivity index (χ2v) is 9.79. The first-order chi connectivity index (χ1) is 17.1. The molecule has 9 heteroatoms. The van der Waals surface area contributed by atoms with Crippen molar-refractivity contribution in [2.75, 3.05) is 39.2 Å². The molecule has 0 unspecified atom stereocenters. The summed E-state index contributed by atoms with van der Waals surface area (Å²) < 4.78 is 12.0. The quantitative estimate of drug-likeness (QED) is 0.388. The van der Waals surface area contributed by atoms with Crippen LogP contribution in [0.3, 0.4) is 0 Å². The molecule has 1 aromatic heterocycles. The van der Waals surface area contributed by atoms with E-state index in [0.29, 0.717) is 47.4 Å². The smallest absolute Gasteiger partial charge is 0.254 e. The van der Waals surface area contributed by atoms with Crippen LogP contribution in [0.25, 0.3) is 5.69 Å². The van der Waals surface area contributed by atoms with Crippen molar-refractivity contribution in [3.63, 3.8) is 0 Å². The Morgan fingerprint density at radius 3 is 2.50 bits per heavy atom. The van der Waals surface area contributed by atoms with Crippen molar-refractivity contribution in [2.45, 2.75) is 32.6 Å². The lowest BCUT2D eigenvalue weighted by atomic mass is 9.92. The zero-order valence-corrected chi connectivity index (χ0v) is 22.1. The third-order valence-corrected chi connectivity index (χ3v) is 5.86. The first-order valence-corrected chi connectivity index (χ1v) is 12.1. The highest BCUT2D eigenvalue weighted by Crippen LogP contribution is 2.29. The second kappa shape index (κ2) is 12.1. The SMILES string of the molecule is COCCCN(CC(=O)Nc1cc(C(C)(C)C)nn1-c1ccccc1Cl)C(=O)c1cccc(OC)c1. The summed E-state index contributed by atoms with van der Waals surface area (Å²) in [5.41, 5.74) is 1.63. The van der Waals surface area contributed by atoms with Crippen LogP contribution in [0.1, 0.15) is 43.2 Å². The highest BCUT2D eigenvalue weighted by molar-refractivity contribution is 6.32. The van der Waals surface area contributed by atoms with Crippen LogP contribution in [0.5, 0.6) is 5.75 Å². The van der Waals surface area contributed by atoms with Gasteiger partial charge in [-0.3, -0.25) is 9.59 Å². The highest BCUT2D eigenvalue weighted by atomic mass is 35.5. The Kier molecular flexibility index (Phi) is 9.12. The van der Waals surface area contributed by atoms with Crippen molar-refractivity contribution in [1.82, 2.24) is 14.7 Å². The summed E-state index contributed by atoms with van der Waals surface area (Å²) in [5.74, 6) is 0.427. The van der Waals surface area contributed by atoms with Crippen LogP contribution >= 0.6 is 11.6 Å². The summed E-state index contributed by atoms with van der Waals surface area (Å²) in [6.07, 6.45) is 0.589. The second-order valence-electron chi connectivity index (χ2n) is 9.38. The molecule has 0 spiro atoms. The third kappa shape index (κ3) is 6.86. The van der Waals surface area contributed by atoms with Gasteiger partial charge < -0.3 is 19.7 Å². The molecule has 0 aliphatic heterocycles. The van der Waals surface area contributed by atoms with E-state index in [2.05, 4.69) is 5.32 Å². The summed E-state index contributed by atoms with van der Waals surface area (Å²) in [5, 5.41) is 8.15. The van der Waals surface area contributed by atoms with Crippen LogP contribution in [0.2, 0.25) is 5.02 Å². The summed E-state index contributed by atoms with van der Waals surface area (Å²) in [7, 11) is 3.14. The maximum absolute atomic E-state index is 13.3. The average molecular weight is 513 g/mol. The largest absolute Gasteiger partial charge is 0.497 e. The number of methoxy groups -OCH3 is 2. The molecule has 0 saturated heterocycles. The summed E-state index contributed by atoms with van der Waals surface area (Å²) >= 11 is 6.43. The number of ether oxygens (including phenoxy) is 2. The van der Waals surface area contributed by atoms with Crippen LogP contribution in [0.4, 0.5) is 5.82 Å². The van der Waals surface area contributed by atoms with Gasteiger partial charge in [0.15, 0.2) is 0 Å². The molecular weight excluding hydrogens is 480 g/mol. The molecule has 3 aromatic rings. The molecule has 0 radical (unpaired) electrons. The monoisotopic (exact) mass is 512 g/mol. The maximum Gasteiger partial charge on any atom is 0.254 e. The Labute approximate surface area is 217 Å². The van der Waals surface area contributed by atoms with E-state index in [1.807, 2.05) is 45.0 Å². The number of nitrogens with one attached hydrogen (secondary N) is 1. The molecule has 1 heterocycles. The van der Waals surface area contributed by atoms with Gasteiger partial charge in [0, 0.05) is 37.3 Å². The Balaban J connectivity index is 1.87. The van der Waals surface area contributed by atoms with E-state index < -0.39 is 0 Å². The fraction of sp³-hybridized carbons (Fsp3) is 0.370. The minimum atomic E-state index is -0.350. The number of para-hydroxylation sites is 1. The van der Waals surface area contributed by atoms with Gasteiger partial charge in [0.05, 0.1) is 23.5 Å². The van der Waals surface area contributed by atoms with E-state index in [9.17, 15) is 9.59 Å². The van der Waals surface area contributed by atoms with E-state index in [1.165, 1.54) is 4.90 Å². The molecule has 0 aliphatic carbocycles. The number of carbonyl (C=O) groups excluding carboxylic acids is 2. The van der Waals surface area contributed by atoms with E-state index in [1.54, 1.807) is 49.2 Å². The van der Waals surface area contributed by atoms with Crippen LogP contribution in [0, 0.1) is 0 Å². The Morgan fingerprint density at radius 2 is 1.83 bits per heavy atom.